The number of hydrogen-bond donors (Lipinski definition) is 1. The summed E-state index contributed by atoms with van der Waals surface area (Å²) in [6, 6.07) is 0. The van der Waals surface area contributed by atoms with Crippen LogP contribution in [0.25, 0.3) is 0 Å². The molecule has 0 saturated carbocycles. The van der Waals surface area contributed by atoms with Crippen molar-refractivity contribution in [3.63, 3.8) is 0 Å². The smallest absolute Gasteiger partial charge is 0.223 e. The molecule has 0 aliphatic carbocycles. The lowest BCUT2D eigenvalue weighted by Gasteiger charge is -2.33. The van der Waals surface area contributed by atoms with Crippen molar-refractivity contribution in [1.82, 2.24) is 10.2 Å². The Labute approximate surface area is 134 Å². The maximum Gasteiger partial charge on any atom is 0.223 e. The van der Waals surface area contributed by atoms with Crippen molar-refractivity contribution < 1.29 is 14.3 Å². The van der Waals surface area contributed by atoms with Gasteiger partial charge in [-0.25, -0.2) is 0 Å². The number of piperidine rings is 1. The molecule has 0 bridgehead atoms. The number of amides is 1. The van der Waals surface area contributed by atoms with E-state index in [2.05, 4.69) is 5.32 Å². The number of likely N-dealkylation sites (tertiary alicyclic amines) is 1. The number of nitrogens with one attached hydrogen (secondary N) is 1. The molecule has 21 heavy (non-hydrogen) atoms. The number of halogens is 1. The molecule has 124 valence electrons. The molecule has 2 heterocycles. The third kappa shape index (κ3) is 6.51. The zero-order valence-corrected chi connectivity index (χ0v) is 13.8. The highest BCUT2D eigenvalue weighted by Gasteiger charge is 2.24. The van der Waals surface area contributed by atoms with Gasteiger partial charge in [0.15, 0.2) is 0 Å². The van der Waals surface area contributed by atoms with E-state index in [4.69, 9.17) is 9.47 Å². The Morgan fingerprint density at radius 2 is 2.05 bits per heavy atom. The van der Waals surface area contributed by atoms with E-state index < -0.39 is 0 Å². The molecule has 0 aromatic heterocycles. The van der Waals surface area contributed by atoms with Crippen molar-refractivity contribution in [2.24, 2.45) is 0 Å². The fourth-order valence-corrected chi connectivity index (χ4v) is 2.84. The second-order valence-corrected chi connectivity index (χ2v) is 5.76. The van der Waals surface area contributed by atoms with Crippen LogP contribution in [-0.2, 0) is 14.3 Å². The topological polar surface area (TPSA) is 50.8 Å². The molecule has 0 aromatic carbocycles. The van der Waals surface area contributed by atoms with Gasteiger partial charge in [0, 0.05) is 32.7 Å². The zero-order chi connectivity index (χ0) is 14.2. The molecule has 1 atom stereocenters. The van der Waals surface area contributed by atoms with Crippen LogP contribution in [0.4, 0.5) is 0 Å². The molecule has 0 radical (unpaired) electrons. The monoisotopic (exact) mass is 320 g/mol. The zero-order valence-electron chi connectivity index (χ0n) is 13.0. The highest BCUT2D eigenvalue weighted by atomic mass is 35.5. The third-order valence-corrected chi connectivity index (χ3v) is 4.18. The normalized spacial score (nSPS) is 23.7. The summed E-state index contributed by atoms with van der Waals surface area (Å²) in [5.41, 5.74) is 0. The minimum atomic E-state index is 0. The number of rotatable bonds is 6. The lowest BCUT2D eigenvalue weighted by atomic mass is 10.1. The highest BCUT2D eigenvalue weighted by Crippen LogP contribution is 2.18. The van der Waals surface area contributed by atoms with Gasteiger partial charge in [-0.3, -0.25) is 4.79 Å². The summed E-state index contributed by atoms with van der Waals surface area (Å²) in [5.74, 6) is 0.258. The molecule has 1 amide bonds. The lowest BCUT2D eigenvalue weighted by Crippen LogP contribution is -2.42. The average molecular weight is 321 g/mol. The van der Waals surface area contributed by atoms with Crippen LogP contribution in [0.2, 0.25) is 0 Å². The number of hydrogen-bond acceptors (Lipinski definition) is 4. The van der Waals surface area contributed by atoms with Crippen molar-refractivity contribution in [1.29, 1.82) is 0 Å². The second-order valence-electron chi connectivity index (χ2n) is 5.76. The van der Waals surface area contributed by atoms with Crippen molar-refractivity contribution in [2.45, 2.75) is 50.7 Å². The molecular weight excluding hydrogens is 292 g/mol. The number of carbonyl (C=O) groups excluding carboxylic acids is 1. The van der Waals surface area contributed by atoms with Crippen molar-refractivity contribution in [3.05, 3.63) is 0 Å². The lowest BCUT2D eigenvalue weighted by molar-refractivity contribution is -0.134. The first kappa shape index (κ1) is 18.7. The second kappa shape index (κ2) is 10.4. The van der Waals surface area contributed by atoms with Gasteiger partial charge in [-0.15, -0.1) is 12.4 Å². The summed E-state index contributed by atoms with van der Waals surface area (Å²) >= 11 is 0. The van der Waals surface area contributed by atoms with Gasteiger partial charge >= 0.3 is 0 Å². The van der Waals surface area contributed by atoms with E-state index in [-0.39, 0.29) is 18.3 Å². The van der Waals surface area contributed by atoms with Crippen molar-refractivity contribution in [2.75, 3.05) is 39.9 Å². The standard InChI is InChI=1S/C15H28N2O3.ClH/c1-16-8-5-15(18)17-9-6-13(7-10-17)20-12-14-4-2-3-11-19-14;/h13-14,16H,2-12H2,1H3;1H. The predicted molar refractivity (Wildman–Crippen MR) is 84.9 cm³/mol. The largest absolute Gasteiger partial charge is 0.376 e. The Balaban J connectivity index is 0.00000220. The molecule has 2 saturated heterocycles. The molecule has 1 unspecified atom stereocenters. The summed E-state index contributed by atoms with van der Waals surface area (Å²) in [6.07, 6.45) is 6.67. The van der Waals surface area contributed by atoms with Crippen molar-refractivity contribution >= 4 is 18.3 Å². The van der Waals surface area contributed by atoms with Gasteiger partial charge in [0.2, 0.25) is 5.91 Å². The number of nitrogens with zero attached hydrogens (tertiary/aromatic N) is 1. The molecule has 2 aliphatic heterocycles. The van der Waals surface area contributed by atoms with Crippen LogP contribution >= 0.6 is 12.4 Å². The number of carbonyl (C=O) groups is 1. The van der Waals surface area contributed by atoms with Crippen LogP contribution in [0.5, 0.6) is 0 Å². The van der Waals surface area contributed by atoms with E-state index in [1.54, 1.807) is 0 Å². The summed E-state index contributed by atoms with van der Waals surface area (Å²) in [7, 11) is 1.88. The highest BCUT2D eigenvalue weighted by molar-refractivity contribution is 5.85. The maximum atomic E-state index is 11.9. The quantitative estimate of drug-likeness (QED) is 0.807. The summed E-state index contributed by atoms with van der Waals surface area (Å²) < 4.78 is 11.6. The Hall–Kier alpha value is -0.360. The van der Waals surface area contributed by atoms with Gasteiger partial charge < -0.3 is 19.7 Å². The van der Waals surface area contributed by atoms with E-state index in [0.717, 1.165) is 52.1 Å². The fourth-order valence-electron chi connectivity index (χ4n) is 2.84. The van der Waals surface area contributed by atoms with E-state index >= 15 is 0 Å². The van der Waals surface area contributed by atoms with Gasteiger partial charge in [-0.05, 0) is 39.2 Å². The SMILES string of the molecule is CNCCC(=O)N1CCC(OCC2CCCCO2)CC1.Cl. The first-order valence-corrected chi connectivity index (χ1v) is 7.95. The van der Waals surface area contributed by atoms with Gasteiger partial charge in [0.05, 0.1) is 18.8 Å². The molecule has 5 nitrogen and oxygen atoms in total. The van der Waals surface area contributed by atoms with E-state index in [1.807, 2.05) is 11.9 Å². The van der Waals surface area contributed by atoms with Gasteiger partial charge in [0.1, 0.15) is 0 Å². The fraction of sp³-hybridized carbons (Fsp3) is 0.933. The van der Waals surface area contributed by atoms with Crippen molar-refractivity contribution in [3.8, 4) is 0 Å². The van der Waals surface area contributed by atoms with Gasteiger partial charge in [-0.2, -0.15) is 0 Å². The molecule has 0 spiro atoms. The van der Waals surface area contributed by atoms with Crippen LogP contribution in [0.15, 0.2) is 0 Å². The molecule has 2 fully saturated rings. The maximum absolute atomic E-state index is 11.9. The molecule has 2 rings (SSSR count). The Morgan fingerprint density at radius 3 is 2.67 bits per heavy atom. The number of ether oxygens (including phenoxy) is 2. The Morgan fingerprint density at radius 1 is 1.29 bits per heavy atom. The van der Waals surface area contributed by atoms with Crippen LogP contribution < -0.4 is 5.32 Å². The minimum Gasteiger partial charge on any atom is -0.376 e. The molecule has 0 aromatic rings. The van der Waals surface area contributed by atoms with E-state index in [1.165, 1.54) is 12.8 Å². The minimum absolute atomic E-state index is 0. The van der Waals surface area contributed by atoms with E-state index in [0.29, 0.717) is 18.6 Å². The Kier molecular flexibility index (Phi) is 9.24. The summed E-state index contributed by atoms with van der Waals surface area (Å²) in [6.45, 7) is 4.02. The van der Waals surface area contributed by atoms with Crippen LogP contribution in [0, 0.1) is 0 Å². The summed E-state index contributed by atoms with van der Waals surface area (Å²) in [5, 5.41) is 3.02. The summed E-state index contributed by atoms with van der Waals surface area (Å²) in [4.78, 5) is 13.9. The van der Waals surface area contributed by atoms with Gasteiger partial charge in [-0.1, -0.05) is 0 Å². The third-order valence-electron chi connectivity index (χ3n) is 4.18. The van der Waals surface area contributed by atoms with Crippen LogP contribution in [0.1, 0.15) is 38.5 Å². The molecule has 6 heteroatoms. The molecular formula is C15H29ClN2O3. The molecule has 1 N–H and O–H groups in total. The van der Waals surface area contributed by atoms with Gasteiger partial charge in [0.25, 0.3) is 0 Å². The van der Waals surface area contributed by atoms with E-state index in [9.17, 15) is 4.79 Å². The van der Waals surface area contributed by atoms with Crippen LogP contribution in [-0.4, -0.2) is 62.9 Å². The predicted octanol–water partition coefficient (Wildman–Crippen LogP) is 1.59. The Bertz CT molecular complexity index is 291. The van der Waals surface area contributed by atoms with Crippen LogP contribution in [0.3, 0.4) is 0 Å². The first-order chi connectivity index (χ1) is 9.79. The average Bonchev–Trinajstić information content (AvgIpc) is 2.52. The molecule has 2 aliphatic rings. The first-order valence-electron chi connectivity index (χ1n) is 7.95.